The third-order valence-electron chi connectivity index (χ3n) is 4.82. The molecule has 1 aromatic heterocycles. The van der Waals surface area contributed by atoms with Crippen molar-refractivity contribution >= 4 is 40.1 Å². The third-order valence-corrected chi connectivity index (χ3v) is 6.15. The average molecular weight is 435 g/mol. The van der Waals surface area contributed by atoms with Gasteiger partial charge in [-0.1, -0.05) is 54.1 Å². The molecule has 0 radical (unpaired) electrons. The van der Waals surface area contributed by atoms with Crippen LogP contribution in [0.4, 0.5) is 5.13 Å². The van der Waals surface area contributed by atoms with Gasteiger partial charge in [-0.3, -0.25) is 15.0 Å². The third kappa shape index (κ3) is 4.95. The molecule has 5 nitrogen and oxygen atoms in total. The molecule has 1 aliphatic rings. The largest absolute Gasteiger partial charge is 0.297 e. The number of aromatic nitrogens is 1. The summed E-state index contributed by atoms with van der Waals surface area (Å²) in [6, 6.07) is 19.3. The number of benzene rings is 2. The molecule has 0 saturated heterocycles. The van der Waals surface area contributed by atoms with Crippen LogP contribution in [0.5, 0.6) is 0 Å². The molecule has 30 heavy (non-hydrogen) atoms. The van der Waals surface area contributed by atoms with Gasteiger partial charge in [-0.15, -0.1) is 11.3 Å². The Kier molecular flexibility index (Phi) is 6.24. The summed E-state index contributed by atoms with van der Waals surface area (Å²) in [5, 5.41) is 13.3. The molecule has 1 amide bonds. The molecule has 1 N–H and O–H groups in total. The molecule has 3 aromatic rings. The fourth-order valence-corrected chi connectivity index (χ4v) is 4.40. The summed E-state index contributed by atoms with van der Waals surface area (Å²) in [5.74, 6) is -0.459. The lowest BCUT2D eigenvalue weighted by molar-refractivity contribution is -0.112. The molecular formula is C23H19ClN4OS. The zero-order valence-corrected chi connectivity index (χ0v) is 17.7. The molecule has 2 heterocycles. The fourth-order valence-electron chi connectivity index (χ4n) is 3.32. The van der Waals surface area contributed by atoms with Crippen LogP contribution >= 0.6 is 22.9 Å². The summed E-state index contributed by atoms with van der Waals surface area (Å²) >= 11 is 7.37. The smallest absolute Gasteiger partial charge is 0.268 e. The number of anilines is 1. The Balaban J connectivity index is 1.43. The first-order valence-corrected chi connectivity index (χ1v) is 10.7. The van der Waals surface area contributed by atoms with Gasteiger partial charge < -0.3 is 0 Å². The molecule has 1 aliphatic heterocycles. The van der Waals surface area contributed by atoms with E-state index in [0.29, 0.717) is 10.2 Å². The first-order chi connectivity index (χ1) is 14.6. The number of nitrogens with zero attached hydrogens (tertiary/aromatic N) is 3. The monoisotopic (exact) mass is 434 g/mol. The van der Waals surface area contributed by atoms with Crippen LogP contribution in [0.2, 0.25) is 5.02 Å². The number of nitrogens with one attached hydrogen (secondary N) is 1. The number of thiazole rings is 1. The van der Waals surface area contributed by atoms with Crippen LogP contribution in [0.1, 0.15) is 21.7 Å². The Morgan fingerprint density at radius 2 is 2.00 bits per heavy atom. The number of hydrogen-bond acceptors (Lipinski definition) is 5. The van der Waals surface area contributed by atoms with Gasteiger partial charge in [0.2, 0.25) is 0 Å². The van der Waals surface area contributed by atoms with Crippen molar-refractivity contribution in [3.63, 3.8) is 0 Å². The molecule has 0 bridgehead atoms. The molecule has 0 spiro atoms. The number of carbonyl (C=O) groups excluding carboxylic acids is 1. The molecule has 150 valence electrons. The van der Waals surface area contributed by atoms with Crippen molar-refractivity contribution in [1.29, 1.82) is 5.26 Å². The minimum absolute atomic E-state index is 0.0243. The first-order valence-electron chi connectivity index (χ1n) is 9.54. The number of halogens is 1. The Labute approximate surface area is 184 Å². The predicted octanol–water partition coefficient (Wildman–Crippen LogP) is 4.90. The Hall–Kier alpha value is -2.98. The van der Waals surface area contributed by atoms with Gasteiger partial charge in [0, 0.05) is 29.5 Å². The van der Waals surface area contributed by atoms with Crippen LogP contribution in [-0.4, -0.2) is 22.3 Å². The highest BCUT2D eigenvalue weighted by atomic mass is 35.5. The Morgan fingerprint density at radius 1 is 1.23 bits per heavy atom. The standard InChI is InChI=1S/C23H19ClN4OS/c24-19-8-6-16(7-9-19)12-18(13-25)22(29)27-23-26-20-15-28(11-10-21(20)30-23)14-17-4-2-1-3-5-17/h1-9,12H,10-11,14-15H2,(H,26,27,29)/b18-12+. The van der Waals surface area contributed by atoms with Gasteiger partial charge in [0.1, 0.15) is 11.6 Å². The molecule has 7 heteroatoms. The van der Waals surface area contributed by atoms with Crippen molar-refractivity contribution in [3.05, 3.63) is 86.9 Å². The van der Waals surface area contributed by atoms with E-state index < -0.39 is 5.91 Å². The zero-order chi connectivity index (χ0) is 20.9. The van der Waals surface area contributed by atoms with Crippen molar-refractivity contribution in [2.24, 2.45) is 0 Å². The predicted molar refractivity (Wildman–Crippen MR) is 120 cm³/mol. The minimum Gasteiger partial charge on any atom is -0.297 e. The van der Waals surface area contributed by atoms with Crippen LogP contribution in [0.3, 0.4) is 0 Å². The molecule has 4 rings (SSSR count). The van der Waals surface area contributed by atoms with E-state index in [0.717, 1.165) is 37.3 Å². The summed E-state index contributed by atoms with van der Waals surface area (Å²) in [6.45, 7) is 2.58. The maximum atomic E-state index is 12.6. The highest BCUT2D eigenvalue weighted by Crippen LogP contribution is 2.29. The second-order valence-corrected chi connectivity index (χ2v) is 8.53. The van der Waals surface area contributed by atoms with Crippen LogP contribution in [0, 0.1) is 11.3 Å². The SMILES string of the molecule is N#C/C(=C\c1ccc(Cl)cc1)C(=O)Nc1nc2c(s1)CCN(Cc1ccccc1)C2. The maximum Gasteiger partial charge on any atom is 0.268 e. The van der Waals surface area contributed by atoms with E-state index in [1.807, 2.05) is 24.3 Å². The normalized spacial score (nSPS) is 14.1. The van der Waals surface area contributed by atoms with Crippen molar-refractivity contribution in [3.8, 4) is 6.07 Å². The van der Waals surface area contributed by atoms with Gasteiger partial charge >= 0.3 is 0 Å². The van der Waals surface area contributed by atoms with E-state index in [9.17, 15) is 10.1 Å². The molecule has 0 fully saturated rings. The van der Waals surface area contributed by atoms with E-state index in [2.05, 4.69) is 27.3 Å². The molecule has 0 unspecified atom stereocenters. The van der Waals surface area contributed by atoms with E-state index >= 15 is 0 Å². The van der Waals surface area contributed by atoms with Gasteiger partial charge in [-0.05, 0) is 35.8 Å². The van der Waals surface area contributed by atoms with Gasteiger partial charge in [-0.2, -0.15) is 5.26 Å². The lowest BCUT2D eigenvalue weighted by atomic mass is 10.1. The van der Waals surface area contributed by atoms with E-state index in [4.69, 9.17) is 11.6 Å². The van der Waals surface area contributed by atoms with Gasteiger partial charge in [0.05, 0.1) is 5.69 Å². The number of hydrogen-bond donors (Lipinski definition) is 1. The van der Waals surface area contributed by atoms with E-state index in [-0.39, 0.29) is 5.57 Å². The summed E-state index contributed by atoms with van der Waals surface area (Å²) in [4.78, 5) is 20.7. The van der Waals surface area contributed by atoms with Crippen LogP contribution in [0.25, 0.3) is 6.08 Å². The number of nitriles is 1. The highest BCUT2D eigenvalue weighted by molar-refractivity contribution is 7.15. The topological polar surface area (TPSA) is 69.0 Å². The number of carbonyl (C=O) groups is 1. The Bertz CT molecular complexity index is 1120. The number of amides is 1. The summed E-state index contributed by atoms with van der Waals surface area (Å²) in [7, 11) is 0. The summed E-state index contributed by atoms with van der Waals surface area (Å²) in [6.07, 6.45) is 2.45. The van der Waals surface area contributed by atoms with Crippen LogP contribution < -0.4 is 5.32 Å². The molecule has 0 aliphatic carbocycles. The number of rotatable bonds is 5. The van der Waals surface area contributed by atoms with E-state index in [1.165, 1.54) is 21.8 Å². The van der Waals surface area contributed by atoms with Crippen molar-refractivity contribution in [2.75, 3.05) is 11.9 Å². The fraction of sp³-hybridized carbons (Fsp3) is 0.174. The van der Waals surface area contributed by atoms with Crippen molar-refractivity contribution in [2.45, 2.75) is 19.5 Å². The molecular weight excluding hydrogens is 416 g/mol. The minimum atomic E-state index is -0.459. The highest BCUT2D eigenvalue weighted by Gasteiger charge is 2.22. The summed E-state index contributed by atoms with van der Waals surface area (Å²) < 4.78 is 0. The average Bonchev–Trinajstić information content (AvgIpc) is 3.15. The second-order valence-electron chi connectivity index (χ2n) is 7.01. The number of fused-ring (bicyclic) bond motifs is 1. The van der Waals surface area contributed by atoms with Crippen molar-refractivity contribution < 1.29 is 4.79 Å². The van der Waals surface area contributed by atoms with Crippen LogP contribution in [-0.2, 0) is 24.3 Å². The first kappa shape index (κ1) is 20.3. The quantitative estimate of drug-likeness (QED) is 0.458. The lowest BCUT2D eigenvalue weighted by Gasteiger charge is -2.25. The van der Waals surface area contributed by atoms with Gasteiger partial charge in [-0.25, -0.2) is 4.98 Å². The molecule has 0 saturated carbocycles. The van der Waals surface area contributed by atoms with E-state index in [1.54, 1.807) is 30.3 Å². The zero-order valence-electron chi connectivity index (χ0n) is 16.1. The Morgan fingerprint density at radius 3 is 2.73 bits per heavy atom. The van der Waals surface area contributed by atoms with Gasteiger partial charge in [0.25, 0.3) is 5.91 Å². The second kappa shape index (κ2) is 9.23. The summed E-state index contributed by atoms with van der Waals surface area (Å²) in [5.41, 5.74) is 3.03. The molecule has 0 atom stereocenters. The maximum absolute atomic E-state index is 12.6. The van der Waals surface area contributed by atoms with Gasteiger partial charge in [0.15, 0.2) is 5.13 Å². The lowest BCUT2D eigenvalue weighted by Crippen LogP contribution is -2.29. The molecule has 2 aromatic carbocycles. The van der Waals surface area contributed by atoms with Crippen molar-refractivity contribution in [1.82, 2.24) is 9.88 Å². The van der Waals surface area contributed by atoms with Crippen LogP contribution in [0.15, 0.2) is 60.2 Å².